The second-order valence-electron chi connectivity index (χ2n) is 4.89. The van der Waals surface area contributed by atoms with Gasteiger partial charge in [-0.15, -0.1) is 11.3 Å². The number of nitrogens with one attached hydrogen (secondary N) is 1. The van der Waals surface area contributed by atoms with Gasteiger partial charge in [-0.2, -0.15) is 0 Å². The Kier molecular flexibility index (Phi) is 4.63. The van der Waals surface area contributed by atoms with E-state index in [1.165, 1.54) is 0 Å². The second kappa shape index (κ2) is 7.02. The van der Waals surface area contributed by atoms with Crippen molar-refractivity contribution in [2.45, 2.75) is 13.5 Å². The number of rotatable bonds is 5. The Hall–Kier alpha value is -2.73. The third-order valence-electron chi connectivity index (χ3n) is 3.06. The number of hydrogen-bond acceptors (Lipinski definition) is 5. The number of pyridine rings is 1. The Balaban J connectivity index is 1.59. The molecule has 1 N–H and O–H groups in total. The van der Waals surface area contributed by atoms with Crippen LogP contribution in [0.25, 0.3) is 0 Å². The molecule has 5 nitrogen and oxygen atoms in total. The monoisotopic (exact) mass is 325 g/mol. The van der Waals surface area contributed by atoms with E-state index in [-0.39, 0.29) is 5.91 Å². The van der Waals surface area contributed by atoms with Crippen LogP contribution in [-0.4, -0.2) is 15.9 Å². The van der Waals surface area contributed by atoms with Gasteiger partial charge < -0.3 is 10.1 Å². The zero-order valence-electron chi connectivity index (χ0n) is 12.5. The van der Waals surface area contributed by atoms with Crippen molar-refractivity contribution in [2.24, 2.45) is 0 Å². The molecule has 2 heterocycles. The van der Waals surface area contributed by atoms with E-state index in [2.05, 4.69) is 15.3 Å². The molecule has 0 spiro atoms. The second-order valence-corrected chi connectivity index (χ2v) is 5.83. The van der Waals surface area contributed by atoms with E-state index in [0.29, 0.717) is 23.6 Å². The first-order valence-electron chi connectivity index (χ1n) is 7.06. The summed E-state index contributed by atoms with van der Waals surface area (Å²) in [5, 5.41) is 5.71. The van der Waals surface area contributed by atoms with Crippen LogP contribution in [0.4, 0.5) is 5.69 Å². The molecule has 0 atom stereocenters. The lowest BCUT2D eigenvalue weighted by molar-refractivity contribution is 0.102. The number of aryl methyl sites for hydroxylation is 1. The standard InChI is InChI=1S/C17H15N3O2S/c1-12-11-23-16(19-12)10-22-15-6-4-13(5-7-15)17(21)20-14-3-2-8-18-9-14/h2-9,11H,10H2,1H3,(H,20,21). The van der Waals surface area contributed by atoms with Gasteiger partial charge in [0, 0.05) is 22.8 Å². The van der Waals surface area contributed by atoms with Crippen LogP contribution < -0.4 is 10.1 Å². The first-order valence-corrected chi connectivity index (χ1v) is 7.94. The minimum absolute atomic E-state index is 0.180. The molecule has 0 radical (unpaired) electrons. The van der Waals surface area contributed by atoms with Crippen molar-refractivity contribution in [3.05, 3.63) is 70.4 Å². The molecule has 0 fully saturated rings. The van der Waals surface area contributed by atoms with Gasteiger partial charge in [0.15, 0.2) is 0 Å². The van der Waals surface area contributed by atoms with Gasteiger partial charge in [-0.25, -0.2) is 4.98 Å². The normalized spacial score (nSPS) is 10.3. The summed E-state index contributed by atoms with van der Waals surface area (Å²) in [5.74, 6) is 0.524. The molecule has 6 heteroatoms. The lowest BCUT2D eigenvalue weighted by Gasteiger charge is -2.07. The highest BCUT2D eigenvalue weighted by atomic mass is 32.1. The predicted octanol–water partition coefficient (Wildman–Crippen LogP) is 3.68. The van der Waals surface area contributed by atoms with Gasteiger partial charge in [-0.3, -0.25) is 9.78 Å². The van der Waals surface area contributed by atoms with E-state index in [0.717, 1.165) is 10.7 Å². The van der Waals surface area contributed by atoms with Crippen LogP contribution in [0.15, 0.2) is 54.2 Å². The molecule has 1 amide bonds. The van der Waals surface area contributed by atoms with E-state index in [4.69, 9.17) is 4.74 Å². The Labute approximate surface area is 138 Å². The molecule has 0 aliphatic carbocycles. The third kappa shape index (κ3) is 4.14. The molecule has 2 aromatic heterocycles. The molecule has 3 rings (SSSR count). The fraction of sp³-hybridized carbons (Fsp3) is 0.118. The van der Waals surface area contributed by atoms with E-state index in [1.807, 2.05) is 12.3 Å². The Morgan fingerprint density at radius 3 is 2.74 bits per heavy atom. The topological polar surface area (TPSA) is 64.1 Å². The highest BCUT2D eigenvalue weighted by Gasteiger charge is 2.07. The lowest BCUT2D eigenvalue weighted by Crippen LogP contribution is -2.11. The average Bonchev–Trinajstić information content (AvgIpc) is 3.00. The summed E-state index contributed by atoms with van der Waals surface area (Å²) in [6, 6.07) is 10.6. The van der Waals surface area contributed by atoms with Crippen LogP contribution in [0.5, 0.6) is 5.75 Å². The summed E-state index contributed by atoms with van der Waals surface area (Å²) < 4.78 is 5.66. The number of thiazole rings is 1. The molecule has 1 aromatic carbocycles. The summed E-state index contributed by atoms with van der Waals surface area (Å²) in [6.07, 6.45) is 3.26. The van der Waals surface area contributed by atoms with Gasteiger partial charge in [-0.05, 0) is 43.3 Å². The summed E-state index contributed by atoms with van der Waals surface area (Å²) >= 11 is 1.57. The maximum absolute atomic E-state index is 12.1. The number of benzene rings is 1. The molecule has 3 aromatic rings. The number of amides is 1. The van der Waals surface area contributed by atoms with Crippen molar-refractivity contribution in [3.8, 4) is 5.75 Å². The molecule has 0 aliphatic rings. The Bertz CT molecular complexity index is 785. The Morgan fingerprint density at radius 1 is 1.26 bits per heavy atom. The van der Waals surface area contributed by atoms with Crippen molar-refractivity contribution in [2.75, 3.05) is 5.32 Å². The van der Waals surface area contributed by atoms with Gasteiger partial charge in [0.2, 0.25) is 0 Å². The first-order chi connectivity index (χ1) is 11.2. The highest BCUT2D eigenvalue weighted by Crippen LogP contribution is 2.17. The summed E-state index contributed by atoms with van der Waals surface area (Å²) in [7, 11) is 0. The average molecular weight is 325 g/mol. The van der Waals surface area contributed by atoms with Crippen LogP contribution in [-0.2, 0) is 6.61 Å². The van der Waals surface area contributed by atoms with Crippen molar-refractivity contribution in [1.82, 2.24) is 9.97 Å². The highest BCUT2D eigenvalue weighted by molar-refractivity contribution is 7.09. The van der Waals surface area contributed by atoms with Crippen LogP contribution in [0.1, 0.15) is 21.1 Å². The zero-order chi connectivity index (χ0) is 16.1. The number of ether oxygens (including phenoxy) is 1. The molecule has 0 saturated carbocycles. The van der Waals surface area contributed by atoms with Crippen LogP contribution in [0.2, 0.25) is 0 Å². The SMILES string of the molecule is Cc1csc(COc2ccc(C(=O)Nc3cccnc3)cc2)n1. The smallest absolute Gasteiger partial charge is 0.255 e. The number of nitrogens with zero attached hydrogens (tertiary/aromatic N) is 2. The first kappa shape index (κ1) is 15.2. The summed E-state index contributed by atoms with van der Waals surface area (Å²) in [6.45, 7) is 2.38. The van der Waals surface area contributed by atoms with Gasteiger partial charge in [0.25, 0.3) is 5.91 Å². The number of aromatic nitrogens is 2. The molecular formula is C17H15N3O2S. The van der Waals surface area contributed by atoms with Crippen LogP contribution >= 0.6 is 11.3 Å². The number of carbonyl (C=O) groups is 1. The van der Waals surface area contributed by atoms with E-state index >= 15 is 0 Å². The minimum atomic E-state index is -0.180. The van der Waals surface area contributed by atoms with Gasteiger partial charge in [0.05, 0.1) is 11.9 Å². The van der Waals surface area contributed by atoms with E-state index < -0.39 is 0 Å². The number of carbonyl (C=O) groups excluding carboxylic acids is 1. The molecule has 0 bridgehead atoms. The van der Waals surface area contributed by atoms with Crippen LogP contribution in [0, 0.1) is 6.92 Å². The number of anilines is 1. The zero-order valence-corrected chi connectivity index (χ0v) is 13.3. The summed E-state index contributed by atoms with van der Waals surface area (Å²) in [4.78, 5) is 20.4. The third-order valence-corrected chi connectivity index (χ3v) is 4.00. The van der Waals surface area contributed by atoms with Gasteiger partial charge >= 0.3 is 0 Å². The molecule has 0 saturated heterocycles. The fourth-order valence-corrected chi connectivity index (χ4v) is 2.64. The van der Waals surface area contributed by atoms with Crippen molar-refractivity contribution >= 4 is 22.9 Å². The van der Waals surface area contributed by atoms with Gasteiger partial charge in [-0.1, -0.05) is 0 Å². The minimum Gasteiger partial charge on any atom is -0.486 e. The van der Waals surface area contributed by atoms with Crippen molar-refractivity contribution < 1.29 is 9.53 Å². The van der Waals surface area contributed by atoms with E-state index in [1.54, 1.807) is 60.1 Å². The van der Waals surface area contributed by atoms with Gasteiger partial charge in [0.1, 0.15) is 17.4 Å². The molecular weight excluding hydrogens is 310 g/mol. The Morgan fingerprint density at radius 2 is 2.09 bits per heavy atom. The maximum atomic E-state index is 12.1. The molecule has 0 aliphatic heterocycles. The molecule has 0 unspecified atom stereocenters. The lowest BCUT2D eigenvalue weighted by atomic mass is 10.2. The molecule has 23 heavy (non-hydrogen) atoms. The van der Waals surface area contributed by atoms with Crippen molar-refractivity contribution in [1.29, 1.82) is 0 Å². The summed E-state index contributed by atoms with van der Waals surface area (Å²) in [5.41, 5.74) is 2.22. The predicted molar refractivity (Wildman–Crippen MR) is 89.8 cm³/mol. The largest absolute Gasteiger partial charge is 0.486 e. The maximum Gasteiger partial charge on any atom is 0.255 e. The van der Waals surface area contributed by atoms with Crippen LogP contribution in [0.3, 0.4) is 0 Å². The quantitative estimate of drug-likeness (QED) is 0.777. The fourth-order valence-electron chi connectivity index (χ4n) is 1.96. The van der Waals surface area contributed by atoms with Crippen molar-refractivity contribution in [3.63, 3.8) is 0 Å². The molecule has 116 valence electrons. The number of hydrogen-bond donors (Lipinski definition) is 1. The van der Waals surface area contributed by atoms with E-state index in [9.17, 15) is 4.79 Å².